The molecule has 0 saturated carbocycles. The minimum absolute atomic E-state index is 0.174. The molecular weight excluding hydrogens is 274 g/mol. The lowest BCUT2D eigenvalue weighted by Crippen LogP contribution is -2.09. The third kappa shape index (κ3) is 2.72. The van der Waals surface area contributed by atoms with E-state index in [4.69, 9.17) is 0 Å². The maximum Gasteiger partial charge on any atom is 0.339 e. The van der Waals surface area contributed by atoms with Crippen molar-refractivity contribution in [3.8, 4) is 11.1 Å². The predicted molar refractivity (Wildman–Crippen MR) is 80.4 cm³/mol. The minimum atomic E-state index is -1.02. The van der Waals surface area contributed by atoms with Crippen LogP contribution < -0.4 is 5.32 Å². The summed E-state index contributed by atoms with van der Waals surface area (Å²) in [6.45, 7) is 3.35. The molecule has 1 amide bonds. The van der Waals surface area contributed by atoms with Gasteiger partial charge in [0.15, 0.2) is 0 Å². The number of amides is 1. The molecule has 2 aromatic rings. The first-order valence-electron chi connectivity index (χ1n) is 6.26. The molecule has 0 fully saturated rings. The molecule has 0 unspecified atom stereocenters. The van der Waals surface area contributed by atoms with Gasteiger partial charge >= 0.3 is 5.97 Å². The average Bonchev–Trinajstić information content (AvgIpc) is 2.77. The van der Waals surface area contributed by atoms with Gasteiger partial charge in [0, 0.05) is 17.4 Å². The van der Waals surface area contributed by atoms with Crippen LogP contribution in [0.5, 0.6) is 0 Å². The quantitative estimate of drug-likeness (QED) is 0.903. The number of aromatic carboxylic acids is 1. The number of nitrogens with one attached hydrogen (secondary N) is 1. The highest BCUT2D eigenvalue weighted by Gasteiger charge is 2.24. The van der Waals surface area contributed by atoms with Crippen molar-refractivity contribution in [3.63, 3.8) is 0 Å². The van der Waals surface area contributed by atoms with Crippen molar-refractivity contribution >= 4 is 28.2 Å². The fraction of sp³-hybridized carbons (Fsp3) is 0.200. The Morgan fingerprint density at radius 2 is 1.90 bits per heavy atom. The van der Waals surface area contributed by atoms with Crippen LogP contribution in [-0.4, -0.2) is 17.0 Å². The van der Waals surface area contributed by atoms with Crippen LogP contribution in [0, 0.1) is 0 Å². The van der Waals surface area contributed by atoms with E-state index in [-0.39, 0.29) is 11.5 Å². The fourth-order valence-corrected chi connectivity index (χ4v) is 3.29. The molecule has 0 spiro atoms. The molecule has 0 aliphatic rings. The second kappa shape index (κ2) is 5.88. The van der Waals surface area contributed by atoms with Gasteiger partial charge in [-0.25, -0.2) is 4.79 Å². The number of thiophene rings is 1. The smallest absolute Gasteiger partial charge is 0.339 e. The molecular formula is C15H15NO3S. The van der Waals surface area contributed by atoms with E-state index in [0.29, 0.717) is 10.6 Å². The van der Waals surface area contributed by atoms with Gasteiger partial charge < -0.3 is 10.4 Å². The second-order valence-electron chi connectivity index (χ2n) is 4.31. The summed E-state index contributed by atoms with van der Waals surface area (Å²) in [6.07, 6.45) is 0.717. The molecule has 0 radical (unpaired) electrons. The van der Waals surface area contributed by atoms with Crippen LogP contribution in [0.25, 0.3) is 11.1 Å². The van der Waals surface area contributed by atoms with Gasteiger partial charge in [0.2, 0.25) is 5.91 Å². The summed E-state index contributed by atoms with van der Waals surface area (Å²) in [6, 6.07) is 9.39. The van der Waals surface area contributed by atoms with Crippen LogP contribution in [-0.2, 0) is 11.2 Å². The van der Waals surface area contributed by atoms with Crippen LogP contribution in [0.1, 0.15) is 29.1 Å². The summed E-state index contributed by atoms with van der Waals surface area (Å²) in [5, 5.41) is 12.5. The molecule has 1 aromatic heterocycles. The molecule has 0 saturated heterocycles. The Bertz CT molecular complexity index is 647. The van der Waals surface area contributed by atoms with E-state index in [2.05, 4.69) is 5.32 Å². The van der Waals surface area contributed by atoms with Crippen LogP contribution in [0.4, 0.5) is 5.00 Å². The lowest BCUT2D eigenvalue weighted by atomic mass is 10.0. The van der Waals surface area contributed by atoms with Crippen molar-refractivity contribution in [2.75, 3.05) is 5.32 Å². The van der Waals surface area contributed by atoms with Crippen molar-refractivity contribution in [2.24, 2.45) is 0 Å². The molecule has 20 heavy (non-hydrogen) atoms. The Balaban J connectivity index is 2.68. The van der Waals surface area contributed by atoms with Gasteiger partial charge in [-0.15, -0.1) is 11.3 Å². The predicted octanol–water partition coefficient (Wildman–Crippen LogP) is 3.63. The minimum Gasteiger partial charge on any atom is -0.478 e. The van der Waals surface area contributed by atoms with E-state index in [0.717, 1.165) is 16.9 Å². The number of carboxylic acid groups (broad SMARTS) is 1. The lowest BCUT2D eigenvalue weighted by molar-refractivity contribution is -0.114. The summed E-state index contributed by atoms with van der Waals surface area (Å²) in [5.74, 6) is -1.29. The molecule has 0 aliphatic heterocycles. The summed E-state index contributed by atoms with van der Waals surface area (Å²) in [7, 11) is 0. The molecule has 0 atom stereocenters. The van der Waals surface area contributed by atoms with E-state index < -0.39 is 5.97 Å². The van der Waals surface area contributed by atoms with Crippen LogP contribution in [0.2, 0.25) is 0 Å². The van der Waals surface area contributed by atoms with E-state index in [1.807, 2.05) is 37.3 Å². The molecule has 0 aliphatic carbocycles. The van der Waals surface area contributed by atoms with Gasteiger partial charge in [0.25, 0.3) is 0 Å². The first kappa shape index (κ1) is 14.3. The standard InChI is InChI=1S/C15H15NO3S/c1-3-11-12(10-7-5-4-6-8-10)13(15(18)19)14(20-11)16-9(2)17/h4-8H,3H2,1-2H3,(H,16,17)(H,18,19). The first-order valence-corrected chi connectivity index (χ1v) is 7.08. The topological polar surface area (TPSA) is 66.4 Å². The lowest BCUT2D eigenvalue weighted by Gasteiger charge is -2.05. The highest BCUT2D eigenvalue weighted by molar-refractivity contribution is 7.17. The Morgan fingerprint density at radius 3 is 2.40 bits per heavy atom. The van der Waals surface area contributed by atoms with E-state index in [1.165, 1.54) is 18.3 Å². The third-order valence-electron chi connectivity index (χ3n) is 2.87. The van der Waals surface area contributed by atoms with E-state index in [1.54, 1.807) is 0 Å². The van der Waals surface area contributed by atoms with Crippen LogP contribution in [0.15, 0.2) is 30.3 Å². The number of hydrogen-bond acceptors (Lipinski definition) is 3. The van der Waals surface area contributed by atoms with Crippen molar-refractivity contribution in [1.82, 2.24) is 0 Å². The second-order valence-corrected chi connectivity index (χ2v) is 5.42. The van der Waals surface area contributed by atoms with Gasteiger partial charge in [-0.05, 0) is 12.0 Å². The van der Waals surface area contributed by atoms with Gasteiger partial charge in [-0.3, -0.25) is 4.79 Å². The van der Waals surface area contributed by atoms with Crippen molar-refractivity contribution < 1.29 is 14.7 Å². The SMILES string of the molecule is CCc1sc(NC(C)=O)c(C(=O)O)c1-c1ccccc1. The van der Waals surface area contributed by atoms with Crippen LogP contribution >= 0.6 is 11.3 Å². The Kier molecular flexibility index (Phi) is 4.20. The monoisotopic (exact) mass is 289 g/mol. The number of aryl methyl sites for hydroxylation is 1. The Morgan fingerprint density at radius 1 is 1.25 bits per heavy atom. The Hall–Kier alpha value is -2.14. The number of carbonyl (C=O) groups is 2. The normalized spacial score (nSPS) is 10.3. The summed E-state index contributed by atoms with van der Waals surface area (Å²) in [4.78, 5) is 23.8. The summed E-state index contributed by atoms with van der Waals surface area (Å²) in [5.41, 5.74) is 1.73. The Labute approximate surface area is 121 Å². The number of anilines is 1. The molecule has 2 N–H and O–H groups in total. The molecule has 0 bridgehead atoms. The maximum absolute atomic E-state index is 11.6. The van der Waals surface area contributed by atoms with Crippen LogP contribution in [0.3, 0.4) is 0 Å². The van der Waals surface area contributed by atoms with Gasteiger partial charge in [-0.1, -0.05) is 37.3 Å². The number of rotatable bonds is 4. The number of benzene rings is 1. The highest BCUT2D eigenvalue weighted by atomic mass is 32.1. The van der Waals surface area contributed by atoms with Crippen molar-refractivity contribution in [2.45, 2.75) is 20.3 Å². The molecule has 4 nitrogen and oxygen atoms in total. The zero-order valence-corrected chi connectivity index (χ0v) is 12.1. The number of carboxylic acids is 1. The zero-order chi connectivity index (χ0) is 14.7. The maximum atomic E-state index is 11.6. The average molecular weight is 289 g/mol. The number of carbonyl (C=O) groups excluding carboxylic acids is 1. The molecule has 1 aromatic carbocycles. The highest BCUT2D eigenvalue weighted by Crippen LogP contribution is 2.40. The largest absolute Gasteiger partial charge is 0.478 e. The zero-order valence-electron chi connectivity index (χ0n) is 11.3. The van der Waals surface area contributed by atoms with Crippen molar-refractivity contribution in [3.05, 3.63) is 40.8 Å². The molecule has 104 valence electrons. The van der Waals surface area contributed by atoms with E-state index >= 15 is 0 Å². The van der Waals surface area contributed by atoms with Gasteiger partial charge in [0.05, 0.1) is 0 Å². The van der Waals surface area contributed by atoms with Gasteiger partial charge in [0.1, 0.15) is 10.6 Å². The molecule has 1 heterocycles. The van der Waals surface area contributed by atoms with Crippen molar-refractivity contribution in [1.29, 1.82) is 0 Å². The summed E-state index contributed by atoms with van der Waals surface area (Å²) >= 11 is 1.32. The van der Waals surface area contributed by atoms with E-state index in [9.17, 15) is 14.7 Å². The first-order chi connectivity index (χ1) is 9.54. The third-order valence-corrected chi connectivity index (χ3v) is 4.12. The molecule has 2 rings (SSSR count). The van der Waals surface area contributed by atoms with Gasteiger partial charge in [-0.2, -0.15) is 0 Å². The number of hydrogen-bond donors (Lipinski definition) is 2. The summed E-state index contributed by atoms with van der Waals surface area (Å²) < 4.78 is 0. The fourth-order valence-electron chi connectivity index (χ4n) is 2.09. The molecule has 5 heteroatoms.